The van der Waals surface area contributed by atoms with Crippen LogP contribution >= 0.6 is 11.8 Å². The Bertz CT molecular complexity index is 736. The number of hydrogen-bond donors (Lipinski definition) is 0. The van der Waals surface area contributed by atoms with Crippen LogP contribution in [0, 0.1) is 0 Å². The lowest BCUT2D eigenvalue weighted by Gasteiger charge is -2.12. The second kappa shape index (κ2) is 6.44. The fourth-order valence-corrected chi connectivity index (χ4v) is 2.88. The van der Waals surface area contributed by atoms with Gasteiger partial charge in [0.05, 0.1) is 11.2 Å². The van der Waals surface area contributed by atoms with Crippen molar-refractivity contribution in [2.45, 2.75) is 0 Å². The van der Waals surface area contributed by atoms with E-state index >= 15 is 0 Å². The van der Waals surface area contributed by atoms with Gasteiger partial charge in [-0.2, -0.15) is 0 Å². The molecule has 2 aromatic rings. The molecule has 0 bridgehead atoms. The molecular weight excluding hydrogens is 298 g/mol. The van der Waals surface area contributed by atoms with Crippen LogP contribution in [-0.2, 0) is 4.79 Å². The first-order valence-corrected chi connectivity index (χ1v) is 7.45. The van der Waals surface area contributed by atoms with Crippen molar-refractivity contribution in [3.05, 3.63) is 66.1 Å². The van der Waals surface area contributed by atoms with E-state index < -0.39 is 0 Å². The molecular formula is C16H13N3O2S. The van der Waals surface area contributed by atoms with Gasteiger partial charge in [-0.1, -0.05) is 12.1 Å². The SMILES string of the molecule is C=CCN1C(=O)/C(=C\c2ccco2)S/C1=N/c1ccccn1. The second-order valence-corrected chi connectivity index (χ2v) is 5.42. The van der Waals surface area contributed by atoms with Crippen molar-refractivity contribution in [3.63, 3.8) is 0 Å². The van der Waals surface area contributed by atoms with Gasteiger partial charge in [0.2, 0.25) is 0 Å². The van der Waals surface area contributed by atoms with E-state index in [4.69, 9.17) is 4.42 Å². The smallest absolute Gasteiger partial charge is 0.267 e. The molecule has 1 aliphatic heterocycles. The van der Waals surface area contributed by atoms with Crippen LogP contribution in [0.3, 0.4) is 0 Å². The molecule has 0 aromatic carbocycles. The molecule has 2 aromatic heterocycles. The fourth-order valence-electron chi connectivity index (χ4n) is 1.90. The van der Waals surface area contributed by atoms with E-state index in [2.05, 4.69) is 16.6 Å². The number of aliphatic imine (C=N–C) groups is 1. The number of furan rings is 1. The van der Waals surface area contributed by atoms with Crippen molar-refractivity contribution < 1.29 is 9.21 Å². The summed E-state index contributed by atoms with van der Waals surface area (Å²) in [4.78, 5) is 23.2. The minimum atomic E-state index is -0.115. The second-order valence-electron chi connectivity index (χ2n) is 4.41. The molecule has 1 saturated heterocycles. The third-order valence-corrected chi connectivity index (χ3v) is 3.88. The monoisotopic (exact) mass is 311 g/mol. The number of nitrogens with zero attached hydrogens (tertiary/aromatic N) is 3. The molecule has 0 saturated carbocycles. The first-order chi connectivity index (χ1) is 10.8. The van der Waals surface area contributed by atoms with Gasteiger partial charge < -0.3 is 4.42 Å². The number of hydrogen-bond acceptors (Lipinski definition) is 5. The summed E-state index contributed by atoms with van der Waals surface area (Å²) in [7, 11) is 0. The van der Waals surface area contributed by atoms with E-state index in [1.54, 1.807) is 47.7 Å². The maximum Gasteiger partial charge on any atom is 0.267 e. The molecule has 0 atom stereocenters. The molecule has 5 nitrogen and oxygen atoms in total. The van der Waals surface area contributed by atoms with Crippen molar-refractivity contribution in [1.82, 2.24) is 9.88 Å². The standard InChI is InChI=1S/C16H13N3O2S/c1-2-9-19-15(20)13(11-12-6-5-10-21-12)22-16(19)18-14-7-3-4-8-17-14/h2-8,10-11H,1,9H2/b13-11+,18-16+. The molecule has 1 amide bonds. The van der Waals surface area contributed by atoms with Gasteiger partial charge in [-0.05, 0) is 36.0 Å². The summed E-state index contributed by atoms with van der Waals surface area (Å²) in [5, 5.41) is 0.585. The van der Waals surface area contributed by atoms with Gasteiger partial charge in [-0.15, -0.1) is 6.58 Å². The van der Waals surface area contributed by atoms with Crippen LogP contribution in [0.2, 0.25) is 0 Å². The van der Waals surface area contributed by atoms with Gasteiger partial charge in [0.1, 0.15) is 5.76 Å². The normalized spacial score (nSPS) is 18.4. The number of carbonyl (C=O) groups excluding carboxylic acids is 1. The van der Waals surface area contributed by atoms with Crippen LogP contribution in [0.5, 0.6) is 0 Å². The quantitative estimate of drug-likeness (QED) is 0.641. The van der Waals surface area contributed by atoms with Gasteiger partial charge in [0.25, 0.3) is 5.91 Å². The number of amidine groups is 1. The third-order valence-electron chi connectivity index (χ3n) is 2.88. The molecule has 3 rings (SSSR count). The van der Waals surface area contributed by atoms with Crippen LogP contribution in [0.4, 0.5) is 5.82 Å². The van der Waals surface area contributed by atoms with Crippen LogP contribution < -0.4 is 0 Å². The van der Waals surface area contributed by atoms with E-state index in [0.717, 1.165) is 0 Å². The van der Waals surface area contributed by atoms with Crippen molar-refractivity contribution in [1.29, 1.82) is 0 Å². The fraction of sp³-hybridized carbons (Fsp3) is 0.0625. The third kappa shape index (κ3) is 3.01. The molecule has 0 N–H and O–H groups in total. The van der Waals surface area contributed by atoms with E-state index in [1.807, 2.05) is 12.1 Å². The van der Waals surface area contributed by atoms with Gasteiger partial charge in [0.15, 0.2) is 11.0 Å². The first-order valence-electron chi connectivity index (χ1n) is 6.63. The summed E-state index contributed by atoms with van der Waals surface area (Å²) in [5.41, 5.74) is 0. The predicted molar refractivity (Wildman–Crippen MR) is 87.5 cm³/mol. The van der Waals surface area contributed by atoms with Crippen LogP contribution in [-0.4, -0.2) is 27.5 Å². The molecule has 0 radical (unpaired) electrons. The number of pyridine rings is 1. The Morgan fingerprint density at radius 1 is 1.36 bits per heavy atom. The van der Waals surface area contributed by atoms with E-state index in [9.17, 15) is 4.79 Å². The Morgan fingerprint density at radius 3 is 2.95 bits per heavy atom. The highest BCUT2D eigenvalue weighted by molar-refractivity contribution is 8.18. The Hall–Kier alpha value is -2.60. The maximum absolute atomic E-state index is 12.5. The Morgan fingerprint density at radius 2 is 2.27 bits per heavy atom. The van der Waals surface area contributed by atoms with Crippen molar-refractivity contribution in [2.24, 2.45) is 4.99 Å². The number of aromatic nitrogens is 1. The average Bonchev–Trinajstić information content (AvgIpc) is 3.13. The largest absolute Gasteiger partial charge is 0.465 e. The molecule has 3 heterocycles. The molecule has 0 aliphatic carbocycles. The van der Waals surface area contributed by atoms with E-state index in [-0.39, 0.29) is 5.91 Å². The lowest BCUT2D eigenvalue weighted by Crippen LogP contribution is -2.29. The minimum absolute atomic E-state index is 0.115. The van der Waals surface area contributed by atoms with Gasteiger partial charge in [-0.3, -0.25) is 9.69 Å². The lowest BCUT2D eigenvalue weighted by atomic mass is 10.3. The van der Waals surface area contributed by atoms with Crippen molar-refractivity contribution in [2.75, 3.05) is 6.54 Å². The van der Waals surface area contributed by atoms with E-state index in [0.29, 0.717) is 28.2 Å². The summed E-state index contributed by atoms with van der Waals surface area (Å²) in [6.07, 6.45) is 6.62. The summed E-state index contributed by atoms with van der Waals surface area (Å²) >= 11 is 1.30. The van der Waals surface area contributed by atoms with Gasteiger partial charge in [-0.25, -0.2) is 9.98 Å². The summed E-state index contributed by atoms with van der Waals surface area (Å²) in [6, 6.07) is 9.04. The van der Waals surface area contributed by atoms with Gasteiger partial charge in [0, 0.05) is 18.8 Å². The maximum atomic E-state index is 12.5. The molecule has 6 heteroatoms. The summed E-state index contributed by atoms with van der Waals surface area (Å²) in [5.74, 6) is 1.08. The van der Waals surface area contributed by atoms with E-state index in [1.165, 1.54) is 11.8 Å². The molecule has 0 unspecified atom stereocenters. The summed E-state index contributed by atoms with van der Waals surface area (Å²) < 4.78 is 5.26. The zero-order chi connectivity index (χ0) is 15.4. The predicted octanol–water partition coefficient (Wildman–Crippen LogP) is 3.46. The van der Waals surface area contributed by atoms with Crippen LogP contribution in [0.1, 0.15) is 5.76 Å². The highest BCUT2D eigenvalue weighted by atomic mass is 32.2. The van der Waals surface area contributed by atoms with Crippen molar-refractivity contribution in [3.8, 4) is 0 Å². The highest BCUT2D eigenvalue weighted by Crippen LogP contribution is 2.33. The Labute approximate surface area is 132 Å². The summed E-state index contributed by atoms with van der Waals surface area (Å²) in [6.45, 7) is 4.08. The molecule has 0 spiro atoms. The molecule has 110 valence electrons. The first kappa shape index (κ1) is 14.3. The molecule has 1 fully saturated rings. The van der Waals surface area contributed by atoms with Gasteiger partial charge >= 0.3 is 0 Å². The van der Waals surface area contributed by atoms with Crippen molar-refractivity contribution >= 4 is 34.7 Å². The zero-order valence-corrected chi connectivity index (χ0v) is 12.5. The van der Waals surface area contributed by atoms with Crippen LogP contribution in [0.15, 0.2) is 69.8 Å². The number of amides is 1. The minimum Gasteiger partial charge on any atom is -0.465 e. The molecule has 1 aliphatic rings. The lowest BCUT2D eigenvalue weighted by molar-refractivity contribution is -0.121. The average molecular weight is 311 g/mol. The molecule has 22 heavy (non-hydrogen) atoms. The topological polar surface area (TPSA) is 58.7 Å². The Kier molecular flexibility index (Phi) is 4.20. The Balaban J connectivity index is 1.94. The highest BCUT2D eigenvalue weighted by Gasteiger charge is 2.32. The number of carbonyl (C=O) groups is 1. The zero-order valence-electron chi connectivity index (χ0n) is 11.7. The number of thioether (sulfide) groups is 1. The van der Waals surface area contributed by atoms with Crippen LogP contribution in [0.25, 0.3) is 6.08 Å². The number of rotatable bonds is 4.